The van der Waals surface area contributed by atoms with Crippen molar-refractivity contribution in [3.05, 3.63) is 52.5 Å². The molecule has 0 bridgehead atoms. The molecule has 0 fully saturated rings. The molecule has 0 saturated carbocycles. The van der Waals surface area contributed by atoms with Gasteiger partial charge in [-0.1, -0.05) is 0 Å². The Hall–Kier alpha value is -2.68. The summed E-state index contributed by atoms with van der Waals surface area (Å²) in [7, 11) is -4.11. The summed E-state index contributed by atoms with van der Waals surface area (Å²) >= 11 is 0. The Bertz CT molecular complexity index is 773. The predicted octanol–water partition coefficient (Wildman–Crippen LogP) is 1.72. The number of benzene rings is 1. The molecule has 2 aromatic rings. The van der Waals surface area contributed by atoms with Gasteiger partial charge in [-0.05, 0) is 18.2 Å². The topological polar surface area (TPSA) is 128 Å². The molecular formula is C11H7NO7S. The van der Waals surface area contributed by atoms with Gasteiger partial charge in [0.05, 0.1) is 16.1 Å². The number of nitro benzene ring substituents is 1. The normalized spacial score (nSPS) is 11.2. The quantitative estimate of drug-likeness (QED) is 0.672. The maximum atomic E-state index is 12.2. The molecular weight excluding hydrogens is 290 g/mol. The first kappa shape index (κ1) is 13.7. The zero-order valence-electron chi connectivity index (χ0n) is 9.72. The SMILES string of the molecule is O=C(O)c1occc1S(=O)(=O)c1ccc([N+](=O)[O-])cc1. The lowest BCUT2D eigenvalue weighted by atomic mass is 10.3. The highest BCUT2D eigenvalue weighted by Crippen LogP contribution is 2.26. The maximum absolute atomic E-state index is 12.2. The van der Waals surface area contributed by atoms with Gasteiger partial charge in [0.25, 0.3) is 5.69 Å². The van der Waals surface area contributed by atoms with Crippen LogP contribution in [0.5, 0.6) is 0 Å². The first-order valence-electron chi connectivity index (χ1n) is 5.14. The fraction of sp³-hybridized carbons (Fsp3) is 0. The minimum absolute atomic E-state index is 0.257. The first-order valence-corrected chi connectivity index (χ1v) is 6.62. The van der Waals surface area contributed by atoms with Crippen molar-refractivity contribution < 1.29 is 27.7 Å². The van der Waals surface area contributed by atoms with Crippen LogP contribution in [-0.2, 0) is 9.84 Å². The van der Waals surface area contributed by atoms with E-state index in [1.165, 1.54) is 0 Å². The summed E-state index contributed by atoms with van der Waals surface area (Å²) in [6.45, 7) is 0. The number of hydrogen-bond acceptors (Lipinski definition) is 6. The van der Waals surface area contributed by atoms with E-state index in [1.807, 2.05) is 0 Å². The van der Waals surface area contributed by atoms with E-state index < -0.39 is 31.4 Å². The number of sulfone groups is 1. The Kier molecular flexibility index (Phi) is 3.28. The summed E-state index contributed by atoms with van der Waals surface area (Å²) in [5.41, 5.74) is -0.269. The Balaban J connectivity index is 2.52. The van der Waals surface area contributed by atoms with Crippen molar-refractivity contribution in [2.24, 2.45) is 0 Å². The number of hydrogen-bond donors (Lipinski definition) is 1. The Morgan fingerprint density at radius 3 is 2.30 bits per heavy atom. The monoisotopic (exact) mass is 297 g/mol. The zero-order chi connectivity index (χ0) is 14.9. The number of nitrogens with zero attached hydrogens (tertiary/aromatic N) is 1. The molecule has 9 heteroatoms. The van der Waals surface area contributed by atoms with Gasteiger partial charge in [0.1, 0.15) is 4.90 Å². The standard InChI is InChI=1S/C11H7NO7S/c13-11(14)10-9(5-6-19-10)20(17,18)8-3-1-7(2-4-8)12(15)16/h1-6H,(H,13,14). The van der Waals surface area contributed by atoms with Crippen LogP contribution < -0.4 is 0 Å². The van der Waals surface area contributed by atoms with Crippen LogP contribution >= 0.6 is 0 Å². The average molecular weight is 297 g/mol. The molecule has 0 saturated heterocycles. The van der Waals surface area contributed by atoms with E-state index in [4.69, 9.17) is 5.11 Å². The summed E-state index contributed by atoms with van der Waals surface area (Å²) < 4.78 is 29.0. The van der Waals surface area contributed by atoms with E-state index in [1.54, 1.807) is 0 Å². The second-order valence-corrected chi connectivity index (χ2v) is 5.59. The van der Waals surface area contributed by atoms with Crippen molar-refractivity contribution in [3.63, 3.8) is 0 Å². The number of aromatic carboxylic acids is 1. The molecule has 0 unspecified atom stereocenters. The maximum Gasteiger partial charge on any atom is 0.373 e. The minimum Gasteiger partial charge on any atom is -0.475 e. The number of furan rings is 1. The second kappa shape index (κ2) is 4.78. The summed E-state index contributed by atoms with van der Waals surface area (Å²) in [6.07, 6.45) is 0.946. The van der Waals surface area contributed by atoms with Gasteiger partial charge < -0.3 is 9.52 Å². The van der Waals surface area contributed by atoms with Crippen LogP contribution in [-0.4, -0.2) is 24.4 Å². The molecule has 1 aromatic carbocycles. The van der Waals surface area contributed by atoms with Gasteiger partial charge in [-0.25, -0.2) is 13.2 Å². The molecule has 20 heavy (non-hydrogen) atoms. The predicted molar refractivity (Wildman–Crippen MR) is 64.2 cm³/mol. The smallest absolute Gasteiger partial charge is 0.373 e. The van der Waals surface area contributed by atoms with Crippen LogP contribution in [0.25, 0.3) is 0 Å². The third kappa shape index (κ3) is 2.26. The Morgan fingerprint density at radius 1 is 1.20 bits per heavy atom. The summed E-state index contributed by atoms with van der Waals surface area (Å²) in [5.74, 6) is -2.22. The third-order valence-electron chi connectivity index (χ3n) is 2.47. The second-order valence-electron chi connectivity index (χ2n) is 3.67. The Morgan fingerprint density at radius 2 is 1.80 bits per heavy atom. The number of rotatable bonds is 4. The van der Waals surface area contributed by atoms with E-state index in [2.05, 4.69) is 4.42 Å². The number of carboxylic acid groups (broad SMARTS) is 1. The van der Waals surface area contributed by atoms with E-state index >= 15 is 0 Å². The molecule has 0 aliphatic heterocycles. The van der Waals surface area contributed by atoms with Crippen molar-refractivity contribution in [1.29, 1.82) is 0 Å². The van der Waals surface area contributed by atoms with Crippen molar-refractivity contribution in [1.82, 2.24) is 0 Å². The molecule has 0 atom stereocenters. The number of non-ortho nitro benzene ring substituents is 1. The molecule has 2 rings (SSSR count). The lowest BCUT2D eigenvalue weighted by Crippen LogP contribution is -2.07. The molecule has 0 amide bonds. The summed E-state index contributed by atoms with van der Waals surface area (Å²) in [4.78, 5) is 19.9. The fourth-order valence-corrected chi connectivity index (χ4v) is 2.90. The molecule has 1 heterocycles. The van der Waals surface area contributed by atoms with Crippen LogP contribution in [0, 0.1) is 10.1 Å². The minimum atomic E-state index is -4.11. The van der Waals surface area contributed by atoms with Crippen LogP contribution in [0.3, 0.4) is 0 Å². The van der Waals surface area contributed by atoms with Gasteiger partial charge in [0.15, 0.2) is 0 Å². The zero-order valence-corrected chi connectivity index (χ0v) is 10.5. The third-order valence-corrected chi connectivity index (χ3v) is 4.26. The van der Waals surface area contributed by atoms with Crippen LogP contribution in [0.4, 0.5) is 5.69 Å². The van der Waals surface area contributed by atoms with Gasteiger partial charge in [0.2, 0.25) is 15.6 Å². The molecule has 0 aliphatic rings. The Labute approximate surface area is 112 Å². The molecule has 1 N–H and O–H groups in total. The van der Waals surface area contributed by atoms with Gasteiger partial charge in [-0.2, -0.15) is 0 Å². The summed E-state index contributed by atoms with van der Waals surface area (Å²) in [6, 6.07) is 5.12. The highest BCUT2D eigenvalue weighted by atomic mass is 32.2. The van der Waals surface area contributed by atoms with Crippen molar-refractivity contribution in [2.45, 2.75) is 9.79 Å². The van der Waals surface area contributed by atoms with Crippen LogP contribution in [0.15, 0.2) is 50.8 Å². The van der Waals surface area contributed by atoms with E-state index in [9.17, 15) is 23.3 Å². The van der Waals surface area contributed by atoms with Crippen molar-refractivity contribution in [2.75, 3.05) is 0 Å². The highest BCUT2D eigenvalue weighted by molar-refractivity contribution is 7.91. The van der Waals surface area contributed by atoms with Crippen molar-refractivity contribution in [3.8, 4) is 0 Å². The van der Waals surface area contributed by atoms with Gasteiger partial charge in [-0.15, -0.1) is 0 Å². The lowest BCUT2D eigenvalue weighted by Gasteiger charge is -2.02. The average Bonchev–Trinajstić information content (AvgIpc) is 2.89. The first-order chi connectivity index (χ1) is 9.34. The van der Waals surface area contributed by atoms with Crippen LogP contribution in [0.2, 0.25) is 0 Å². The summed E-state index contributed by atoms with van der Waals surface area (Å²) in [5, 5.41) is 19.3. The van der Waals surface area contributed by atoms with Gasteiger partial charge >= 0.3 is 5.97 Å². The molecule has 104 valence electrons. The van der Waals surface area contributed by atoms with E-state index in [-0.39, 0.29) is 10.6 Å². The van der Waals surface area contributed by atoms with E-state index in [0.717, 1.165) is 36.6 Å². The number of carbonyl (C=O) groups is 1. The molecule has 0 spiro atoms. The number of carboxylic acids is 1. The van der Waals surface area contributed by atoms with Gasteiger partial charge in [0, 0.05) is 12.1 Å². The van der Waals surface area contributed by atoms with Gasteiger partial charge in [-0.3, -0.25) is 10.1 Å². The largest absolute Gasteiger partial charge is 0.475 e. The molecule has 0 radical (unpaired) electrons. The van der Waals surface area contributed by atoms with Crippen LogP contribution in [0.1, 0.15) is 10.6 Å². The lowest BCUT2D eigenvalue weighted by molar-refractivity contribution is -0.384. The molecule has 0 aliphatic carbocycles. The fourth-order valence-electron chi connectivity index (χ4n) is 1.54. The number of nitro groups is 1. The molecule has 8 nitrogen and oxygen atoms in total. The van der Waals surface area contributed by atoms with E-state index in [0.29, 0.717) is 0 Å². The molecule has 1 aromatic heterocycles. The van der Waals surface area contributed by atoms with Crippen molar-refractivity contribution >= 4 is 21.5 Å². The highest BCUT2D eigenvalue weighted by Gasteiger charge is 2.27.